The number of alkyl halides is 3. The first-order valence-corrected chi connectivity index (χ1v) is 15.3. The summed E-state index contributed by atoms with van der Waals surface area (Å²) in [7, 11) is 0. The second-order valence-corrected chi connectivity index (χ2v) is 11.1. The molecule has 1 atom stereocenters. The third-order valence-corrected chi connectivity index (χ3v) is 7.67. The van der Waals surface area contributed by atoms with Crippen LogP contribution in [0.5, 0.6) is 0 Å². The number of halogens is 3. The van der Waals surface area contributed by atoms with Crippen molar-refractivity contribution in [3.63, 3.8) is 0 Å². The second-order valence-electron chi connectivity index (χ2n) is 11.1. The molecule has 250 valence electrons. The topological polar surface area (TPSA) is 113 Å². The van der Waals surface area contributed by atoms with Crippen LogP contribution in [0.2, 0.25) is 0 Å². The molecule has 1 unspecified atom stereocenters. The highest BCUT2D eigenvalue weighted by molar-refractivity contribution is 6.06. The standard InChI is InChI=1S/C37H35F3N2O6/c1-25-15-17-26(18-16-25)19-22-42(23-20-33(43)44)35(46)31-14-8-6-12-29(31)28-11-5-7-13-30(28)34(45)41-32(27-9-3-2-4-10-27)21-24-48-36(47)37(38,39)40/h2-18,32H,19-24H2,1H3,(H,41,45)(H,43,44). The average Bonchev–Trinajstić information content (AvgIpc) is 3.08. The molecule has 0 radical (unpaired) electrons. The quantitative estimate of drug-likeness (QED) is 0.144. The predicted octanol–water partition coefficient (Wildman–Crippen LogP) is 6.79. The Kier molecular flexibility index (Phi) is 12.1. The highest BCUT2D eigenvalue weighted by atomic mass is 19.4. The Labute approximate surface area is 276 Å². The Morgan fingerprint density at radius 3 is 2.00 bits per heavy atom. The number of aryl methyl sites for hydroxylation is 1. The Balaban J connectivity index is 1.61. The molecule has 0 heterocycles. The number of carboxylic acid groups (broad SMARTS) is 1. The lowest BCUT2D eigenvalue weighted by molar-refractivity contribution is -0.199. The number of aliphatic carboxylic acids is 1. The van der Waals surface area contributed by atoms with Crippen molar-refractivity contribution in [1.29, 1.82) is 0 Å². The van der Waals surface area contributed by atoms with Crippen molar-refractivity contribution >= 4 is 23.8 Å². The van der Waals surface area contributed by atoms with Crippen LogP contribution in [0, 0.1) is 6.92 Å². The summed E-state index contributed by atoms with van der Waals surface area (Å²) < 4.78 is 42.5. The fourth-order valence-corrected chi connectivity index (χ4v) is 5.15. The van der Waals surface area contributed by atoms with E-state index < -0.39 is 42.6 Å². The third-order valence-electron chi connectivity index (χ3n) is 7.67. The van der Waals surface area contributed by atoms with Crippen molar-refractivity contribution in [2.24, 2.45) is 0 Å². The van der Waals surface area contributed by atoms with Gasteiger partial charge in [-0.15, -0.1) is 0 Å². The summed E-state index contributed by atoms with van der Waals surface area (Å²) >= 11 is 0. The smallest absolute Gasteiger partial charge is 0.481 e. The molecule has 48 heavy (non-hydrogen) atoms. The molecule has 2 amide bonds. The van der Waals surface area contributed by atoms with Crippen LogP contribution in [0.15, 0.2) is 103 Å². The lowest BCUT2D eigenvalue weighted by atomic mass is 9.93. The van der Waals surface area contributed by atoms with Gasteiger partial charge in [0.25, 0.3) is 11.8 Å². The van der Waals surface area contributed by atoms with E-state index in [-0.39, 0.29) is 37.1 Å². The SMILES string of the molecule is Cc1ccc(CCN(CCC(=O)O)C(=O)c2ccccc2-c2ccccc2C(=O)NC(CCOC(=O)C(F)(F)F)c2ccccc2)cc1. The van der Waals surface area contributed by atoms with E-state index in [2.05, 4.69) is 10.1 Å². The summed E-state index contributed by atoms with van der Waals surface area (Å²) in [6, 6.07) is 28.9. The summed E-state index contributed by atoms with van der Waals surface area (Å²) in [5.74, 6) is -4.32. The average molecular weight is 661 g/mol. The molecule has 0 aliphatic heterocycles. The van der Waals surface area contributed by atoms with Crippen molar-refractivity contribution in [3.8, 4) is 11.1 Å². The molecule has 0 saturated carbocycles. The van der Waals surface area contributed by atoms with Gasteiger partial charge in [-0.05, 0) is 47.7 Å². The maximum atomic E-state index is 14.0. The molecular formula is C37H35F3N2O6. The van der Waals surface area contributed by atoms with E-state index in [1.807, 2.05) is 31.2 Å². The van der Waals surface area contributed by atoms with Gasteiger partial charge in [-0.1, -0.05) is 96.6 Å². The molecule has 2 N–H and O–H groups in total. The first kappa shape index (κ1) is 35.4. The van der Waals surface area contributed by atoms with E-state index in [0.29, 0.717) is 23.1 Å². The van der Waals surface area contributed by atoms with Crippen LogP contribution in [0.4, 0.5) is 13.2 Å². The second kappa shape index (κ2) is 16.4. The zero-order chi connectivity index (χ0) is 34.7. The Morgan fingerprint density at radius 1 is 0.792 bits per heavy atom. The minimum atomic E-state index is -5.14. The molecule has 8 nitrogen and oxygen atoms in total. The highest BCUT2D eigenvalue weighted by Gasteiger charge is 2.41. The number of rotatable bonds is 14. The van der Waals surface area contributed by atoms with E-state index in [4.69, 9.17) is 0 Å². The number of carbonyl (C=O) groups excluding carboxylic acids is 3. The number of ether oxygens (including phenoxy) is 1. The molecule has 0 aliphatic rings. The van der Waals surface area contributed by atoms with Crippen molar-refractivity contribution in [2.75, 3.05) is 19.7 Å². The van der Waals surface area contributed by atoms with E-state index in [0.717, 1.165) is 11.1 Å². The maximum Gasteiger partial charge on any atom is 0.490 e. The maximum absolute atomic E-state index is 14.0. The van der Waals surface area contributed by atoms with Crippen LogP contribution < -0.4 is 5.32 Å². The summed E-state index contributed by atoms with van der Waals surface area (Å²) in [5.41, 5.74) is 4.00. The monoisotopic (exact) mass is 660 g/mol. The van der Waals surface area contributed by atoms with Crippen LogP contribution in [0.25, 0.3) is 11.1 Å². The molecule has 0 aromatic heterocycles. The minimum Gasteiger partial charge on any atom is -0.481 e. The molecule has 0 saturated heterocycles. The van der Waals surface area contributed by atoms with Crippen molar-refractivity contribution in [1.82, 2.24) is 10.2 Å². The van der Waals surface area contributed by atoms with Gasteiger partial charge >= 0.3 is 18.1 Å². The Morgan fingerprint density at radius 2 is 1.38 bits per heavy atom. The number of nitrogens with one attached hydrogen (secondary N) is 1. The Hall–Kier alpha value is -5.45. The normalized spacial score (nSPS) is 11.8. The number of hydrogen-bond acceptors (Lipinski definition) is 5. The van der Waals surface area contributed by atoms with E-state index in [9.17, 15) is 37.5 Å². The molecule has 4 rings (SSSR count). The molecule has 4 aromatic rings. The van der Waals surface area contributed by atoms with Crippen LogP contribution in [-0.4, -0.2) is 59.6 Å². The number of nitrogens with zero attached hydrogens (tertiary/aromatic N) is 1. The van der Waals surface area contributed by atoms with Crippen LogP contribution in [-0.2, 0) is 20.7 Å². The number of carboxylic acids is 1. The first-order chi connectivity index (χ1) is 22.9. The van der Waals surface area contributed by atoms with Gasteiger partial charge < -0.3 is 20.1 Å². The zero-order valence-electron chi connectivity index (χ0n) is 26.2. The van der Waals surface area contributed by atoms with Crippen molar-refractivity contribution in [2.45, 2.75) is 38.4 Å². The molecule has 0 fully saturated rings. The largest absolute Gasteiger partial charge is 0.490 e. The van der Waals surface area contributed by atoms with E-state index in [1.54, 1.807) is 78.9 Å². The van der Waals surface area contributed by atoms with Crippen LogP contribution in [0.3, 0.4) is 0 Å². The lowest BCUT2D eigenvalue weighted by Gasteiger charge is -2.24. The van der Waals surface area contributed by atoms with Crippen LogP contribution in [0.1, 0.15) is 56.3 Å². The first-order valence-electron chi connectivity index (χ1n) is 15.3. The zero-order valence-corrected chi connectivity index (χ0v) is 26.2. The molecule has 0 bridgehead atoms. The van der Waals surface area contributed by atoms with E-state index in [1.165, 1.54) is 4.90 Å². The number of carbonyl (C=O) groups is 4. The summed E-state index contributed by atoms with van der Waals surface area (Å²) in [6.45, 7) is 1.63. The van der Waals surface area contributed by atoms with Crippen molar-refractivity contribution < 1.29 is 42.2 Å². The van der Waals surface area contributed by atoms with Gasteiger partial charge in [0.1, 0.15) is 0 Å². The van der Waals surface area contributed by atoms with Gasteiger partial charge in [-0.3, -0.25) is 14.4 Å². The number of benzene rings is 4. The Bertz CT molecular complexity index is 1730. The fraction of sp³-hybridized carbons (Fsp3) is 0.243. The number of esters is 1. The van der Waals surface area contributed by atoms with Gasteiger partial charge in [-0.2, -0.15) is 13.2 Å². The van der Waals surface area contributed by atoms with Crippen molar-refractivity contribution in [3.05, 3.63) is 131 Å². The van der Waals surface area contributed by atoms with Gasteiger partial charge in [0, 0.05) is 30.6 Å². The molecule has 0 spiro atoms. The van der Waals surface area contributed by atoms with Crippen LogP contribution >= 0.6 is 0 Å². The fourth-order valence-electron chi connectivity index (χ4n) is 5.15. The van der Waals surface area contributed by atoms with Gasteiger partial charge in [0.15, 0.2) is 0 Å². The molecule has 0 aliphatic carbocycles. The number of amides is 2. The van der Waals surface area contributed by atoms with Gasteiger partial charge in [0.2, 0.25) is 0 Å². The minimum absolute atomic E-state index is 0.0197. The molecule has 11 heteroatoms. The third kappa shape index (κ3) is 9.78. The highest BCUT2D eigenvalue weighted by Crippen LogP contribution is 2.29. The molecular weight excluding hydrogens is 625 g/mol. The van der Waals surface area contributed by atoms with Gasteiger partial charge in [0.05, 0.1) is 19.1 Å². The molecule has 4 aromatic carbocycles. The number of hydrogen-bond donors (Lipinski definition) is 2. The van der Waals surface area contributed by atoms with E-state index >= 15 is 0 Å². The summed E-state index contributed by atoms with van der Waals surface area (Å²) in [5, 5.41) is 12.2. The summed E-state index contributed by atoms with van der Waals surface area (Å²) in [4.78, 5) is 52.0. The van der Waals surface area contributed by atoms with Gasteiger partial charge in [-0.25, -0.2) is 4.79 Å². The predicted molar refractivity (Wildman–Crippen MR) is 173 cm³/mol. The lowest BCUT2D eigenvalue weighted by Crippen LogP contribution is -2.35. The summed E-state index contributed by atoms with van der Waals surface area (Å²) in [6.07, 6.45) is -5.01.